The zero-order chi connectivity index (χ0) is 17.4. The number of hydrogen-bond acceptors (Lipinski definition) is 1. The van der Waals surface area contributed by atoms with Crippen molar-refractivity contribution in [3.63, 3.8) is 0 Å². The van der Waals surface area contributed by atoms with Crippen molar-refractivity contribution in [2.24, 2.45) is 0 Å². The maximum absolute atomic E-state index is 12.8. The standard InChI is InChI=1S/C20H13F3N2/c21-20(22,23)16-10-11-17-18(12-16)25-19(24-17)15-8-6-14(7-9-15)13-4-2-1-3-5-13/h1-12H,(H,24,25). The van der Waals surface area contributed by atoms with Gasteiger partial charge in [-0.1, -0.05) is 54.6 Å². The first-order valence-corrected chi connectivity index (χ1v) is 7.73. The summed E-state index contributed by atoms with van der Waals surface area (Å²) in [6.45, 7) is 0. The number of nitrogens with zero attached hydrogens (tertiary/aromatic N) is 1. The van der Waals surface area contributed by atoms with Gasteiger partial charge in [0.25, 0.3) is 0 Å². The van der Waals surface area contributed by atoms with Crippen LogP contribution in [0.15, 0.2) is 72.8 Å². The highest BCUT2D eigenvalue weighted by molar-refractivity contribution is 5.80. The Morgan fingerprint density at radius 1 is 0.720 bits per heavy atom. The summed E-state index contributed by atoms with van der Waals surface area (Å²) in [5, 5.41) is 0. The van der Waals surface area contributed by atoms with Crippen LogP contribution in [0.1, 0.15) is 5.56 Å². The predicted molar refractivity (Wildman–Crippen MR) is 92.0 cm³/mol. The highest BCUT2D eigenvalue weighted by Crippen LogP contribution is 2.32. The smallest absolute Gasteiger partial charge is 0.338 e. The van der Waals surface area contributed by atoms with E-state index in [2.05, 4.69) is 9.97 Å². The monoisotopic (exact) mass is 338 g/mol. The van der Waals surface area contributed by atoms with Crippen molar-refractivity contribution < 1.29 is 13.2 Å². The van der Waals surface area contributed by atoms with Gasteiger partial charge in [-0.2, -0.15) is 13.2 Å². The molecule has 1 N–H and O–H groups in total. The van der Waals surface area contributed by atoms with Crippen LogP contribution in [-0.2, 0) is 6.18 Å². The highest BCUT2D eigenvalue weighted by atomic mass is 19.4. The lowest BCUT2D eigenvalue weighted by Crippen LogP contribution is -2.04. The number of alkyl halides is 3. The van der Waals surface area contributed by atoms with Crippen LogP contribution in [0, 0.1) is 0 Å². The minimum Gasteiger partial charge on any atom is -0.338 e. The molecular formula is C20H13F3N2. The number of nitrogens with one attached hydrogen (secondary N) is 1. The topological polar surface area (TPSA) is 28.7 Å². The minimum atomic E-state index is -4.36. The Labute approximate surface area is 142 Å². The van der Waals surface area contributed by atoms with Gasteiger partial charge in [-0.3, -0.25) is 0 Å². The molecule has 1 heterocycles. The van der Waals surface area contributed by atoms with E-state index in [1.54, 1.807) is 0 Å². The molecular weight excluding hydrogens is 325 g/mol. The molecule has 1 aromatic heterocycles. The Balaban J connectivity index is 1.70. The molecule has 0 aliphatic heterocycles. The lowest BCUT2D eigenvalue weighted by Gasteiger charge is -2.05. The molecule has 0 unspecified atom stereocenters. The van der Waals surface area contributed by atoms with E-state index in [4.69, 9.17) is 0 Å². The highest BCUT2D eigenvalue weighted by Gasteiger charge is 2.30. The molecule has 124 valence electrons. The average Bonchev–Trinajstić information content (AvgIpc) is 3.05. The van der Waals surface area contributed by atoms with Gasteiger partial charge in [0.1, 0.15) is 5.82 Å². The number of fused-ring (bicyclic) bond motifs is 1. The van der Waals surface area contributed by atoms with Crippen molar-refractivity contribution in [1.82, 2.24) is 9.97 Å². The molecule has 0 fully saturated rings. The summed E-state index contributed by atoms with van der Waals surface area (Å²) < 4.78 is 38.5. The number of aromatic nitrogens is 2. The van der Waals surface area contributed by atoms with E-state index in [0.29, 0.717) is 16.9 Å². The molecule has 5 heteroatoms. The second-order valence-electron chi connectivity index (χ2n) is 5.76. The molecule has 4 rings (SSSR count). The van der Waals surface area contributed by atoms with Crippen LogP contribution in [-0.4, -0.2) is 9.97 Å². The van der Waals surface area contributed by atoms with Crippen LogP contribution in [0.4, 0.5) is 13.2 Å². The second kappa shape index (κ2) is 5.77. The van der Waals surface area contributed by atoms with Gasteiger partial charge in [-0.05, 0) is 29.3 Å². The first kappa shape index (κ1) is 15.4. The van der Waals surface area contributed by atoms with Crippen molar-refractivity contribution in [3.8, 4) is 22.5 Å². The summed E-state index contributed by atoms with van der Waals surface area (Å²) in [5.41, 5.74) is 3.19. The van der Waals surface area contributed by atoms with Gasteiger partial charge in [-0.25, -0.2) is 4.98 Å². The molecule has 0 aliphatic carbocycles. The van der Waals surface area contributed by atoms with Gasteiger partial charge >= 0.3 is 6.18 Å². The molecule has 0 saturated heterocycles. The Hall–Kier alpha value is -3.08. The van der Waals surface area contributed by atoms with Crippen molar-refractivity contribution in [1.29, 1.82) is 0 Å². The molecule has 25 heavy (non-hydrogen) atoms. The van der Waals surface area contributed by atoms with Gasteiger partial charge in [0.05, 0.1) is 16.6 Å². The van der Waals surface area contributed by atoms with E-state index in [1.807, 2.05) is 54.6 Å². The van der Waals surface area contributed by atoms with Crippen molar-refractivity contribution in [2.75, 3.05) is 0 Å². The van der Waals surface area contributed by atoms with E-state index in [1.165, 1.54) is 6.07 Å². The zero-order valence-corrected chi connectivity index (χ0v) is 13.0. The molecule has 0 radical (unpaired) electrons. The zero-order valence-electron chi connectivity index (χ0n) is 13.0. The van der Waals surface area contributed by atoms with Gasteiger partial charge in [0, 0.05) is 5.56 Å². The van der Waals surface area contributed by atoms with Gasteiger partial charge in [-0.15, -0.1) is 0 Å². The number of hydrogen-bond donors (Lipinski definition) is 1. The number of rotatable bonds is 2. The maximum atomic E-state index is 12.8. The fourth-order valence-corrected chi connectivity index (χ4v) is 2.77. The summed E-state index contributed by atoms with van der Waals surface area (Å²) >= 11 is 0. The lowest BCUT2D eigenvalue weighted by atomic mass is 10.0. The fraction of sp³-hybridized carbons (Fsp3) is 0.0500. The van der Waals surface area contributed by atoms with Crippen molar-refractivity contribution in [3.05, 3.63) is 78.4 Å². The number of imidazole rings is 1. The van der Waals surface area contributed by atoms with E-state index in [9.17, 15) is 13.2 Å². The summed E-state index contributed by atoms with van der Waals surface area (Å²) in [6.07, 6.45) is -4.36. The predicted octanol–water partition coefficient (Wildman–Crippen LogP) is 5.92. The third-order valence-electron chi connectivity index (χ3n) is 4.07. The van der Waals surface area contributed by atoms with Gasteiger partial charge in [0.15, 0.2) is 0 Å². The van der Waals surface area contributed by atoms with E-state index >= 15 is 0 Å². The lowest BCUT2D eigenvalue weighted by molar-refractivity contribution is -0.137. The van der Waals surface area contributed by atoms with Crippen LogP contribution in [0.3, 0.4) is 0 Å². The van der Waals surface area contributed by atoms with E-state index in [0.717, 1.165) is 28.8 Å². The normalized spacial score (nSPS) is 11.8. The molecule has 0 amide bonds. The molecule has 0 aliphatic rings. The van der Waals surface area contributed by atoms with Gasteiger partial charge in [0.2, 0.25) is 0 Å². The molecule has 2 nitrogen and oxygen atoms in total. The number of halogens is 3. The van der Waals surface area contributed by atoms with Crippen molar-refractivity contribution in [2.45, 2.75) is 6.18 Å². The molecule has 0 atom stereocenters. The number of benzene rings is 3. The Morgan fingerprint density at radius 2 is 1.36 bits per heavy atom. The molecule has 4 aromatic rings. The Morgan fingerprint density at radius 3 is 2.04 bits per heavy atom. The average molecular weight is 338 g/mol. The molecule has 0 spiro atoms. The SMILES string of the molecule is FC(F)(F)c1ccc2nc(-c3ccc(-c4ccccc4)cc3)[nH]c2c1. The first-order chi connectivity index (χ1) is 12.0. The van der Waals surface area contributed by atoms with E-state index < -0.39 is 11.7 Å². The molecule has 0 saturated carbocycles. The van der Waals surface area contributed by atoms with Crippen LogP contribution in [0.25, 0.3) is 33.5 Å². The minimum absolute atomic E-state index is 0.372. The Bertz CT molecular complexity index is 1020. The van der Waals surface area contributed by atoms with Crippen LogP contribution in [0.5, 0.6) is 0 Å². The number of aromatic amines is 1. The van der Waals surface area contributed by atoms with Crippen LogP contribution in [0.2, 0.25) is 0 Å². The summed E-state index contributed by atoms with van der Waals surface area (Å²) in [6, 6.07) is 21.2. The van der Waals surface area contributed by atoms with Gasteiger partial charge < -0.3 is 4.98 Å². The summed E-state index contributed by atoms with van der Waals surface area (Å²) in [4.78, 5) is 7.36. The fourth-order valence-electron chi connectivity index (χ4n) is 2.77. The second-order valence-corrected chi connectivity index (χ2v) is 5.76. The first-order valence-electron chi connectivity index (χ1n) is 7.73. The number of H-pyrrole nitrogens is 1. The third kappa shape index (κ3) is 3.01. The quantitative estimate of drug-likeness (QED) is 0.483. The van der Waals surface area contributed by atoms with E-state index in [-0.39, 0.29) is 0 Å². The maximum Gasteiger partial charge on any atom is 0.416 e. The molecule has 3 aromatic carbocycles. The largest absolute Gasteiger partial charge is 0.416 e. The molecule has 0 bridgehead atoms. The summed E-state index contributed by atoms with van der Waals surface area (Å²) in [7, 11) is 0. The van der Waals surface area contributed by atoms with Crippen molar-refractivity contribution >= 4 is 11.0 Å². The van der Waals surface area contributed by atoms with Crippen LogP contribution >= 0.6 is 0 Å². The van der Waals surface area contributed by atoms with Crippen LogP contribution < -0.4 is 0 Å². The third-order valence-corrected chi connectivity index (χ3v) is 4.07. The summed E-state index contributed by atoms with van der Waals surface area (Å²) in [5.74, 6) is 0.550. The Kier molecular flexibility index (Phi) is 3.57.